The molecule has 0 unspecified atom stereocenters. The normalized spacial score (nSPS) is 11.3. The molecule has 2 rings (SSSR count). The number of carbonyl (C=O) groups excluding carboxylic acids is 1. The number of guanidine groups is 1. The quantitative estimate of drug-likeness (QED) is 0.375. The zero-order chi connectivity index (χ0) is 21.9. The van der Waals surface area contributed by atoms with Crippen LogP contribution in [-0.2, 0) is 18.8 Å². The molecule has 0 spiro atoms. The number of halogens is 1. The van der Waals surface area contributed by atoms with Crippen molar-refractivity contribution in [1.82, 2.24) is 16.0 Å². The fourth-order valence-electron chi connectivity index (χ4n) is 2.78. The van der Waals surface area contributed by atoms with Crippen LogP contribution in [0.25, 0.3) is 0 Å². The third-order valence-corrected chi connectivity index (χ3v) is 4.83. The van der Waals surface area contributed by atoms with Crippen molar-refractivity contribution in [2.24, 2.45) is 4.99 Å². The predicted molar refractivity (Wildman–Crippen MR) is 124 cm³/mol. The van der Waals surface area contributed by atoms with E-state index in [-0.39, 0.29) is 17.9 Å². The summed E-state index contributed by atoms with van der Waals surface area (Å²) in [5.74, 6) is 1.20. The minimum atomic E-state index is -0.220. The van der Waals surface area contributed by atoms with Crippen LogP contribution in [0.2, 0.25) is 0 Å². The SMILES string of the molecule is CN=C(NCc1ccc(NC(=O)NC(C)C)cc1)NCc1ccc(F)cc1CSC. The Balaban J connectivity index is 1.86. The van der Waals surface area contributed by atoms with Crippen molar-refractivity contribution in [2.75, 3.05) is 18.6 Å². The van der Waals surface area contributed by atoms with Crippen molar-refractivity contribution in [3.05, 3.63) is 65.0 Å². The Morgan fingerprint density at radius 2 is 1.77 bits per heavy atom. The Kier molecular flexibility index (Phi) is 9.47. The van der Waals surface area contributed by atoms with E-state index in [1.807, 2.05) is 50.4 Å². The molecule has 0 saturated carbocycles. The van der Waals surface area contributed by atoms with Crippen LogP contribution < -0.4 is 21.3 Å². The lowest BCUT2D eigenvalue weighted by atomic mass is 10.1. The number of nitrogens with zero attached hydrogens (tertiary/aromatic N) is 1. The van der Waals surface area contributed by atoms with Crippen molar-refractivity contribution < 1.29 is 9.18 Å². The lowest BCUT2D eigenvalue weighted by molar-refractivity contribution is 0.250. The van der Waals surface area contributed by atoms with Gasteiger partial charge >= 0.3 is 6.03 Å². The van der Waals surface area contributed by atoms with Crippen LogP contribution in [0.15, 0.2) is 47.5 Å². The second-order valence-electron chi connectivity index (χ2n) is 7.08. The average molecular weight is 432 g/mol. The molecule has 0 heterocycles. The van der Waals surface area contributed by atoms with E-state index < -0.39 is 0 Å². The maximum atomic E-state index is 13.5. The monoisotopic (exact) mass is 431 g/mol. The van der Waals surface area contributed by atoms with Gasteiger partial charge in [-0.2, -0.15) is 11.8 Å². The summed E-state index contributed by atoms with van der Waals surface area (Å²) in [7, 11) is 1.71. The van der Waals surface area contributed by atoms with Crippen LogP contribution in [0.5, 0.6) is 0 Å². The largest absolute Gasteiger partial charge is 0.352 e. The molecule has 2 aromatic carbocycles. The molecule has 0 aliphatic heterocycles. The van der Waals surface area contributed by atoms with E-state index in [0.717, 1.165) is 28.1 Å². The highest BCUT2D eigenvalue weighted by molar-refractivity contribution is 7.97. The number of hydrogen-bond acceptors (Lipinski definition) is 3. The molecular formula is C22H30FN5OS. The van der Waals surface area contributed by atoms with Gasteiger partial charge in [0.2, 0.25) is 0 Å². The zero-order valence-electron chi connectivity index (χ0n) is 17.9. The van der Waals surface area contributed by atoms with E-state index in [1.54, 1.807) is 24.9 Å². The molecule has 8 heteroatoms. The van der Waals surface area contributed by atoms with Gasteiger partial charge < -0.3 is 21.3 Å². The first-order valence-electron chi connectivity index (χ1n) is 9.78. The van der Waals surface area contributed by atoms with Gasteiger partial charge in [0, 0.05) is 37.6 Å². The van der Waals surface area contributed by atoms with E-state index in [1.165, 1.54) is 6.07 Å². The van der Waals surface area contributed by atoms with Crippen LogP contribution in [0, 0.1) is 5.82 Å². The number of amides is 2. The Morgan fingerprint density at radius 3 is 2.40 bits per heavy atom. The Labute approximate surface area is 182 Å². The summed E-state index contributed by atoms with van der Waals surface area (Å²) >= 11 is 1.66. The number of urea groups is 1. The molecule has 6 nitrogen and oxygen atoms in total. The molecule has 0 fully saturated rings. The lowest BCUT2D eigenvalue weighted by Gasteiger charge is -2.15. The molecule has 0 aliphatic carbocycles. The van der Waals surface area contributed by atoms with Crippen molar-refractivity contribution in [3.8, 4) is 0 Å². The molecule has 2 aromatic rings. The molecule has 4 N–H and O–H groups in total. The molecule has 0 saturated heterocycles. The molecule has 30 heavy (non-hydrogen) atoms. The van der Waals surface area contributed by atoms with Gasteiger partial charge in [-0.05, 0) is 61.1 Å². The molecule has 0 atom stereocenters. The predicted octanol–water partition coefficient (Wildman–Crippen LogP) is 4.08. The summed E-state index contributed by atoms with van der Waals surface area (Å²) in [5, 5.41) is 12.1. The van der Waals surface area contributed by atoms with Crippen molar-refractivity contribution in [3.63, 3.8) is 0 Å². The van der Waals surface area contributed by atoms with Gasteiger partial charge in [-0.3, -0.25) is 4.99 Å². The maximum Gasteiger partial charge on any atom is 0.319 e. The number of anilines is 1. The molecular weight excluding hydrogens is 401 g/mol. The highest BCUT2D eigenvalue weighted by Crippen LogP contribution is 2.16. The zero-order valence-corrected chi connectivity index (χ0v) is 18.7. The Hall–Kier alpha value is -2.74. The molecule has 0 aliphatic rings. The second-order valence-corrected chi connectivity index (χ2v) is 7.94. The van der Waals surface area contributed by atoms with E-state index in [9.17, 15) is 9.18 Å². The minimum absolute atomic E-state index is 0.0828. The Morgan fingerprint density at radius 1 is 1.07 bits per heavy atom. The molecule has 0 aromatic heterocycles. The summed E-state index contributed by atoms with van der Waals surface area (Å²) < 4.78 is 13.5. The summed E-state index contributed by atoms with van der Waals surface area (Å²) in [5.41, 5.74) is 3.81. The van der Waals surface area contributed by atoms with E-state index in [2.05, 4.69) is 26.3 Å². The van der Waals surface area contributed by atoms with Crippen LogP contribution in [0.4, 0.5) is 14.9 Å². The number of nitrogens with one attached hydrogen (secondary N) is 4. The van der Waals surface area contributed by atoms with Gasteiger partial charge in [0.25, 0.3) is 0 Å². The van der Waals surface area contributed by atoms with Gasteiger partial charge in [0.05, 0.1) is 0 Å². The highest BCUT2D eigenvalue weighted by Gasteiger charge is 2.06. The third-order valence-electron chi connectivity index (χ3n) is 4.23. The third kappa shape index (κ3) is 7.94. The van der Waals surface area contributed by atoms with E-state index >= 15 is 0 Å². The van der Waals surface area contributed by atoms with Gasteiger partial charge in [-0.25, -0.2) is 9.18 Å². The summed E-state index contributed by atoms with van der Waals surface area (Å²) in [6, 6.07) is 12.4. The molecule has 0 bridgehead atoms. The van der Waals surface area contributed by atoms with Gasteiger partial charge in [0.15, 0.2) is 5.96 Å². The van der Waals surface area contributed by atoms with Gasteiger partial charge in [-0.1, -0.05) is 18.2 Å². The first kappa shape index (κ1) is 23.5. The first-order valence-corrected chi connectivity index (χ1v) is 11.2. The fourth-order valence-corrected chi connectivity index (χ4v) is 3.36. The van der Waals surface area contributed by atoms with Crippen LogP contribution in [-0.4, -0.2) is 31.3 Å². The van der Waals surface area contributed by atoms with E-state index in [4.69, 9.17) is 0 Å². The van der Waals surface area contributed by atoms with Crippen LogP contribution >= 0.6 is 11.8 Å². The first-order chi connectivity index (χ1) is 14.4. The smallest absolute Gasteiger partial charge is 0.319 e. The van der Waals surface area contributed by atoms with E-state index in [0.29, 0.717) is 19.0 Å². The minimum Gasteiger partial charge on any atom is -0.352 e. The fraction of sp³-hybridized carbons (Fsp3) is 0.364. The second kappa shape index (κ2) is 12.1. The van der Waals surface area contributed by atoms with Crippen LogP contribution in [0.1, 0.15) is 30.5 Å². The van der Waals surface area contributed by atoms with Crippen molar-refractivity contribution >= 4 is 29.4 Å². The number of carbonyl (C=O) groups is 1. The van der Waals surface area contributed by atoms with Crippen molar-refractivity contribution in [2.45, 2.75) is 38.7 Å². The number of aliphatic imine (C=N–C) groups is 1. The number of rotatable bonds is 8. The van der Waals surface area contributed by atoms with Crippen LogP contribution in [0.3, 0.4) is 0 Å². The molecule has 0 radical (unpaired) electrons. The summed E-state index contributed by atoms with van der Waals surface area (Å²) in [6.07, 6.45) is 2.00. The molecule has 162 valence electrons. The van der Waals surface area contributed by atoms with Crippen molar-refractivity contribution in [1.29, 1.82) is 0 Å². The van der Waals surface area contributed by atoms with Gasteiger partial charge in [0.1, 0.15) is 5.82 Å². The number of benzene rings is 2. The standard InChI is InChI=1S/C22H30FN5OS/c1-15(2)27-22(29)28-20-9-5-16(6-10-20)12-25-21(24-3)26-13-17-7-8-19(23)11-18(17)14-30-4/h5-11,15H,12-14H2,1-4H3,(H2,24,25,26)(H2,27,28,29). The Bertz CT molecular complexity index is 855. The topological polar surface area (TPSA) is 77.5 Å². The maximum absolute atomic E-state index is 13.5. The van der Waals surface area contributed by atoms with Gasteiger partial charge in [-0.15, -0.1) is 0 Å². The average Bonchev–Trinajstić information content (AvgIpc) is 2.70. The number of thioether (sulfide) groups is 1. The highest BCUT2D eigenvalue weighted by atomic mass is 32.2. The summed E-state index contributed by atoms with van der Waals surface area (Å²) in [6.45, 7) is 4.96. The molecule has 2 amide bonds. The summed E-state index contributed by atoms with van der Waals surface area (Å²) in [4.78, 5) is 16.0. The number of hydrogen-bond donors (Lipinski definition) is 4. The lowest BCUT2D eigenvalue weighted by Crippen LogP contribution is -2.36.